The number of carbonyl (C=O) groups excluding carboxylic acids is 2. The van der Waals surface area contributed by atoms with E-state index in [-0.39, 0.29) is 22.6 Å². The highest BCUT2D eigenvalue weighted by Gasteiger charge is 2.28. The first-order chi connectivity index (χ1) is 12.6. The van der Waals surface area contributed by atoms with Gasteiger partial charge in [-0.25, -0.2) is 8.42 Å². The number of carbonyl (C=O) groups is 2. The minimum Gasteiger partial charge on any atom is -0.344 e. The zero-order valence-corrected chi connectivity index (χ0v) is 17.2. The van der Waals surface area contributed by atoms with Crippen LogP contribution in [-0.2, 0) is 19.6 Å². The molecule has 1 fully saturated rings. The lowest BCUT2D eigenvalue weighted by Crippen LogP contribution is -2.46. The number of anilines is 1. The Morgan fingerprint density at radius 2 is 1.74 bits per heavy atom. The van der Waals surface area contributed by atoms with Crippen LogP contribution >= 0.6 is 0 Å². The van der Waals surface area contributed by atoms with Gasteiger partial charge in [0.25, 0.3) is 0 Å². The van der Waals surface area contributed by atoms with Crippen LogP contribution in [0.25, 0.3) is 0 Å². The van der Waals surface area contributed by atoms with Gasteiger partial charge in [0.15, 0.2) is 0 Å². The quantitative estimate of drug-likeness (QED) is 0.772. The molecule has 0 bridgehead atoms. The van der Waals surface area contributed by atoms with Gasteiger partial charge in [-0.15, -0.1) is 0 Å². The van der Waals surface area contributed by atoms with E-state index < -0.39 is 16.1 Å². The first-order valence-electron chi connectivity index (χ1n) is 9.31. The number of hydrogen-bond acceptors (Lipinski definition) is 4. The highest BCUT2D eigenvalue weighted by Crippen LogP contribution is 2.26. The maximum atomic E-state index is 13.0. The second-order valence-corrected chi connectivity index (χ2v) is 9.26. The molecule has 0 spiro atoms. The highest BCUT2D eigenvalue weighted by atomic mass is 32.2. The predicted octanol–water partition coefficient (Wildman–Crippen LogP) is 2.27. The monoisotopic (exact) mass is 395 g/mol. The van der Waals surface area contributed by atoms with Crippen molar-refractivity contribution in [3.8, 4) is 0 Å². The SMILES string of the molecule is CC(=O)N[C@@H](C(=O)Nc1ccc(C)c(S(=O)(=O)N2CCCCC2)c1)C(C)C. The standard InChI is InChI=1S/C19H29N3O4S/c1-13(2)18(20-15(4)23)19(24)21-16-9-8-14(3)17(12-16)27(25,26)22-10-6-5-7-11-22/h8-9,12-13,18H,5-7,10-11H2,1-4H3,(H,20,23)(H,21,24)/t18-/m1/s1. The largest absolute Gasteiger partial charge is 0.344 e. The summed E-state index contributed by atoms with van der Waals surface area (Å²) in [5.74, 6) is -0.762. The Hall–Kier alpha value is -1.93. The molecule has 2 N–H and O–H groups in total. The molecule has 0 radical (unpaired) electrons. The van der Waals surface area contributed by atoms with Crippen molar-refractivity contribution >= 4 is 27.5 Å². The Morgan fingerprint density at radius 3 is 2.30 bits per heavy atom. The topological polar surface area (TPSA) is 95.6 Å². The van der Waals surface area contributed by atoms with E-state index >= 15 is 0 Å². The van der Waals surface area contributed by atoms with Crippen molar-refractivity contribution in [3.63, 3.8) is 0 Å². The Bertz CT molecular complexity index is 799. The third-order valence-electron chi connectivity index (χ3n) is 4.70. The minimum atomic E-state index is -3.59. The van der Waals surface area contributed by atoms with Crippen molar-refractivity contribution in [3.05, 3.63) is 23.8 Å². The van der Waals surface area contributed by atoms with Crippen molar-refractivity contribution < 1.29 is 18.0 Å². The number of aryl methyl sites for hydroxylation is 1. The zero-order chi connectivity index (χ0) is 20.2. The van der Waals surface area contributed by atoms with Crippen molar-refractivity contribution in [2.45, 2.75) is 57.9 Å². The number of amides is 2. The number of piperidine rings is 1. The summed E-state index contributed by atoms with van der Waals surface area (Å²) in [7, 11) is -3.59. The molecule has 150 valence electrons. The normalized spacial score (nSPS) is 16.8. The van der Waals surface area contributed by atoms with Crippen LogP contribution in [0.15, 0.2) is 23.1 Å². The lowest BCUT2D eigenvalue weighted by Gasteiger charge is -2.27. The molecule has 1 aliphatic rings. The molecule has 2 rings (SSSR count). The molecule has 0 unspecified atom stereocenters. The molecule has 0 aromatic heterocycles. The second-order valence-electron chi connectivity index (χ2n) is 7.36. The van der Waals surface area contributed by atoms with Crippen LogP contribution in [0.4, 0.5) is 5.69 Å². The van der Waals surface area contributed by atoms with E-state index in [1.54, 1.807) is 19.1 Å². The first kappa shape index (κ1) is 21.4. The summed E-state index contributed by atoms with van der Waals surface area (Å²) >= 11 is 0. The molecule has 0 saturated carbocycles. The van der Waals surface area contributed by atoms with Gasteiger partial charge in [0.05, 0.1) is 4.90 Å². The van der Waals surface area contributed by atoms with E-state index in [2.05, 4.69) is 10.6 Å². The maximum Gasteiger partial charge on any atom is 0.247 e. The summed E-state index contributed by atoms with van der Waals surface area (Å²) in [6.07, 6.45) is 2.77. The third-order valence-corrected chi connectivity index (χ3v) is 6.74. The van der Waals surface area contributed by atoms with E-state index in [9.17, 15) is 18.0 Å². The fourth-order valence-electron chi connectivity index (χ4n) is 3.17. The smallest absolute Gasteiger partial charge is 0.247 e. The van der Waals surface area contributed by atoms with Crippen LogP contribution in [0.5, 0.6) is 0 Å². The molecule has 1 aromatic rings. The van der Waals surface area contributed by atoms with Crippen LogP contribution in [-0.4, -0.2) is 43.7 Å². The van der Waals surface area contributed by atoms with Crippen LogP contribution in [0.3, 0.4) is 0 Å². The number of sulfonamides is 1. The molecule has 7 nitrogen and oxygen atoms in total. The van der Waals surface area contributed by atoms with E-state index in [4.69, 9.17) is 0 Å². The van der Waals surface area contributed by atoms with Gasteiger partial charge < -0.3 is 10.6 Å². The van der Waals surface area contributed by atoms with Crippen molar-refractivity contribution in [1.82, 2.24) is 9.62 Å². The average Bonchev–Trinajstić information content (AvgIpc) is 2.61. The van der Waals surface area contributed by atoms with Crippen LogP contribution < -0.4 is 10.6 Å². The zero-order valence-electron chi connectivity index (χ0n) is 16.4. The van der Waals surface area contributed by atoms with E-state index in [1.165, 1.54) is 17.3 Å². The first-order valence-corrected chi connectivity index (χ1v) is 10.8. The molecule has 2 amide bonds. The van der Waals surface area contributed by atoms with Gasteiger partial charge in [-0.3, -0.25) is 9.59 Å². The molecule has 27 heavy (non-hydrogen) atoms. The molecular weight excluding hydrogens is 366 g/mol. The van der Waals surface area contributed by atoms with Crippen molar-refractivity contribution in [1.29, 1.82) is 0 Å². The summed E-state index contributed by atoms with van der Waals surface area (Å²) < 4.78 is 27.5. The molecule has 8 heteroatoms. The van der Waals surface area contributed by atoms with Gasteiger partial charge in [0.1, 0.15) is 6.04 Å². The number of rotatable bonds is 6. The van der Waals surface area contributed by atoms with Crippen LogP contribution in [0.2, 0.25) is 0 Å². The summed E-state index contributed by atoms with van der Waals surface area (Å²) in [6.45, 7) is 7.82. The molecule has 1 aliphatic heterocycles. The van der Waals surface area contributed by atoms with Gasteiger partial charge in [0, 0.05) is 25.7 Å². The van der Waals surface area contributed by atoms with Gasteiger partial charge in [-0.2, -0.15) is 4.31 Å². The fourth-order valence-corrected chi connectivity index (χ4v) is 4.94. The number of nitrogens with zero attached hydrogens (tertiary/aromatic N) is 1. The summed E-state index contributed by atoms with van der Waals surface area (Å²) in [6, 6.07) is 4.18. The van der Waals surface area contributed by atoms with Gasteiger partial charge in [-0.05, 0) is 43.4 Å². The summed E-state index contributed by atoms with van der Waals surface area (Å²) in [5, 5.41) is 5.36. The number of nitrogens with one attached hydrogen (secondary N) is 2. The van der Waals surface area contributed by atoms with Crippen molar-refractivity contribution in [2.24, 2.45) is 5.92 Å². The predicted molar refractivity (Wildman–Crippen MR) is 105 cm³/mol. The maximum absolute atomic E-state index is 13.0. The highest BCUT2D eigenvalue weighted by molar-refractivity contribution is 7.89. The molecule has 1 saturated heterocycles. The molecule has 1 atom stereocenters. The van der Waals surface area contributed by atoms with Crippen molar-refractivity contribution in [2.75, 3.05) is 18.4 Å². The Kier molecular flexibility index (Phi) is 7.00. The van der Waals surface area contributed by atoms with Crippen LogP contribution in [0.1, 0.15) is 45.6 Å². The van der Waals surface area contributed by atoms with E-state index in [0.29, 0.717) is 24.3 Å². The molecular formula is C19H29N3O4S. The van der Waals surface area contributed by atoms with E-state index in [0.717, 1.165) is 19.3 Å². The fraction of sp³-hybridized carbons (Fsp3) is 0.579. The molecule has 1 aromatic carbocycles. The number of hydrogen-bond donors (Lipinski definition) is 2. The molecule has 0 aliphatic carbocycles. The second kappa shape index (κ2) is 8.84. The Morgan fingerprint density at radius 1 is 1.11 bits per heavy atom. The lowest BCUT2D eigenvalue weighted by molar-refractivity contribution is -0.126. The summed E-state index contributed by atoms with van der Waals surface area (Å²) in [4.78, 5) is 24.1. The van der Waals surface area contributed by atoms with E-state index in [1.807, 2.05) is 13.8 Å². The third kappa shape index (κ3) is 5.29. The van der Waals surface area contributed by atoms with Crippen LogP contribution in [0, 0.1) is 12.8 Å². The Balaban J connectivity index is 2.26. The molecule has 1 heterocycles. The minimum absolute atomic E-state index is 0.101. The Labute approximate surface area is 161 Å². The van der Waals surface area contributed by atoms with Gasteiger partial charge >= 0.3 is 0 Å². The number of benzene rings is 1. The van der Waals surface area contributed by atoms with Gasteiger partial charge in [-0.1, -0.05) is 26.3 Å². The van der Waals surface area contributed by atoms with Gasteiger partial charge in [0.2, 0.25) is 21.8 Å². The average molecular weight is 396 g/mol. The lowest BCUT2D eigenvalue weighted by atomic mass is 10.0. The summed E-state index contributed by atoms with van der Waals surface area (Å²) in [5.41, 5.74) is 1.04.